The maximum absolute atomic E-state index is 9.71. The van der Waals surface area contributed by atoms with Gasteiger partial charge in [0.1, 0.15) is 0 Å². The molecule has 0 bridgehead atoms. The molecule has 0 unspecified atom stereocenters. The third-order valence-corrected chi connectivity index (χ3v) is 3.93. The lowest BCUT2D eigenvalue weighted by Gasteiger charge is -2.20. The Balaban J connectivity index is 1.95. The largest absolute Gasteiger partial charge is 0.504 e. The van der Waals surface area contributed by atoms with Crippen molar-refractivity contribution in [3.05, 3.63) is 17.7 Å². The minimum Gasteiger partial charge on any atom is -0.504 e. The number of hydrogen-bond donors (Lipinski definition) is 4. The van der Waals surface area contributed by atoms with E-state index in [1.807, 2.05) is 0 Å². The highest BCUT2D eigenvalue weighted by molar-refractivity contribution is 5.52. The van der Waals surface area contributed by atoms with Crippen molar-refractivity contribution in [1.29, 1.82) is 0 Å². The maximum Gasteiger partial charge on any atom is 0.200 e. The monoisotopic (exact) mass is 251 g/mol. The lowest BCUT2D eigenvalue weighted by molar-refractivity contribution is 0.355. The van der Waals surface area contributed by atoms with Gasteiger partial charge in [0.05, 0.1) is 0 Å². The third-order valence-electron chi connectivity index (χ3n) is 3.93. The van der Waals surface area contributed by atoms with Gasteiger partial charge >= 0.3 is 0 Å². The summed E-state index contributed by atoms with van der Waals surface area (Å²) in [6, 6.07) is 3.42. The zero-order valence-electron chi connectivity index (χ0n) is 10.7. The number of aromatic hydroxyl groups is 3. The summed E-state index contributed by atoms with van der Waals surface area (Å²) in [6.07, 6.45) is 5.14. The Morgan fingerprint density at radius 2 is 1.83 bits per heavy atom. The van der Waals surface area contributed by atoms with Crippen LogP contribution in [0, 0.1) is 5.92 Å². The van der Waals surface area contributed by atoms with Crippen molar-refractivity contribution in [1.82, 2.24) is 5.32 Å². The van der Waals surface area contributed by atoms with Crippen molar-refractivity contribution in [3.8, 4) is 17.2 Å². The number of rotatable bonds is 4. The van der Waals surface area contributed by atoms with E-state index >= 15 is 0 Å². The van der Waals surface area contributed by atoms with Gasteiger partial charge in [0.25, 0.3) is 0 Å². The van der Waals surface area contributed by atoms with Gasteiger partial charge in [0.15, 0.2) is 11.5 Å². The first-order chi connectivity index (χ1) is 8.59. The summed E-state index contributed by atoms with van der Waals surface area (Å²) in [7, 11) is 0. The molecule has 4 heteroatoms. The van der Waals surface area contributed by atoms with Gasteiger partial charge in [-0.2, -0.15) is 0 Å². The second kappa shape index (κ2) is 5.48. The molecule has 0 spiro atoms. The molecule has 100 valence electrons. The van der Waals surface area contributed by atoms with Gasteiger partial charge in [0.2, 0.25) is 5.75 Å². The molecular formula is C14H21NO3. The highest BCUT2D eigenvalue weighted by Crippen LogP contribution is 2.37. The molecule has 1 aromatic rings. The third kappa shape index (κ3) is 2.70. The van der Waals surface area contributed by atoms with Crippen LogP contribution in [-0.4, -0.2) is 21.4 Å². The van der Waals surface area contributed by atoms with E-state index in [0.717, 1.165) is 0 Å². The molecule has 1 saturated carbocycles. The summed E-state index contributed by atoms with van der Waals surface area (Å²) >= 11 is 0. The van der Waals surface area contributed by atoms with Gasteiger partial charge in [-0.25, -0.2) is 0 Å². The van der Waals surface area contributed by atoms with Gasteiger partial charge in [-0.3, -0.25) is 0 Å². The Morgan fingerprint density at radius 1 is 1.17 bits per heavy atom. The average Bonchev–Trinajstić information content (AvgIpc) is 2.89. The molecule has 0 saturated heterocycles. The Kier molecular flexibility index (Phi) is 3.97. The minimum absolute atomic E-state index is 0.235. The van der Waals surface area contributed by atoms with Crippen molar-refractivity contribution in [2.45, 2.75) is 45.2 Å². The van der Waals surface area contributed by atoms with E-state index in [9.17, 15) is 15.3 Å². The SMILES string of the molecule is C[C@@H](NCc1ccc(O)c(O)c1O)C1CCCC1. The molecule has 1 aliphatic carbocycles. The fourth-order valence-corrected chi connectivity index (χ4v) is 2.65. The predicted octanol–water partition coefficient (Wildman–Crippen LogP) is 2.47. The van der Waals surface area contributed by atoms with E-state index in [2.05, 4.69) is 12.2 Å². The molecule has 1 aliphatic rings. The van der Waals surface area contributed by atoms with Crippen molar-refractivity contribution in [3.63, 3.8) is 0 Å². The van der Waals surface area contributed by atoms with E-state index in [-0.39, 0.29) is 11.5 Å². The molecule has 0 amide bonds. The van der Waals surface area contributed by atoms with Crippen molar-refractivity contribution in [2.24, 2.45) is 5.92 Å². The first-order valence-corrected chi connectivity index (χ1v) is 6.55. The number of nitrogens with one attached hydrogen (secondary N) is 1. The number of hydrogen-bond acceptors (Lipinski definition) is 4. The molecule has 0 aliphatic heterocycles. The number of benzene rings is 1. The lowest BCUT2D eigenvalue weighted by Crippen LogP contribution is -2.31. The van der Waals surface area contributed by atoms with Crippen LogP contribution >= 0.6 is 0 Å². The Bertz CT molecular complexity index is 414. The minimum atomic E-state index is -0.442. The second-order valence-electron chi connectivity index (χ2n) is 5.16. The van der Waals surface area contributed by atoms with Crippen LogP contribution in [0.3, 0.4) is 0 Å². The normalized spacial score (nSPS) is 18.1. The quantitative estimate of drug-likeness (QED) is 0.620. The summed E-state index contributed by atoms with van der Waals surface area (Å²) in [5.74, 6) is -0.262. The Labute approximate surface area is 107 Å². The van der Waals surface area contributed by atoms with Crippen LogP contribution in [0.2, 0.25) is 0 Å². The Hall–Kier alpha value is -1.42. The predicted molar refractivity (Wildman–Crippen MR) is 69.7 cm³/mol. The van der Waals surface area contributed by atoms with Crippen LogP contribution in [0.1, 0.15) is 38.2 Å². The molecule has 0 heterocycles. The van der Waals surface area contributed by atoms with Crippen molar-refractivity contribution in [2.75, 3.05) is 0 Å². The summed E-state index contributed by atoms with van der Waals surface area (Å²) in [5, 5.41) is 31.8. The van der Waals surface area contributed by atoms with Crippen LogP contribution in [0.5, 0.6) is 17.2 Å². The van der Waals surface area contributed by atoms with E-state index in [1.54, 1.807) is 6.07 Å². The number of phenolic OH excluding ortho intramolecular Hbond substituents is 3. The van der Waals surface area contributed by atoms with E-state index in [0.29, 0.717) is 24.1 Å². The molecule has 18 heavy (non-hydrogen) atoms. The van der Waals surface area contributed by atoms with Crippen LogP contribution in [0.15, 0.2) is 12.1 Å². The summed E-state index contributed by atoms with van der Waals surface area (Å²) < 4.78 is 0. The van der Waals surface area contributed by atoms with Crippen molar-refractivity contribution >= 4 is 0 Å². The van der Waals surface area contributed by atoms with Crippen LogP contribution in [0.25, 0.3) is 0 Å². The average molecular weight is 251 g/mol. The molecule has 0 radical (unpaired) electrons. The van der Waals surface area contributed by atoms with Crippen LogP contribution in [-0.2, 0) is 6.54 Å². The highest BCUT2D eigenvalue weighted by Gasteiger charge is 2.21. The summed E-state index contributed by atoms with van der Waals surface area (Å²) in [6.45, 7) is 2.66. The summed E-state index contributed by atoms with van der Waals surface area (Å²) in [5.41, 5.74) is 0.607. The molecule has 4 nitrogen and oxygen atoms in total. The Morgan fingerprint density at radius 3 is 2.50 bits per heavy atom. The van der Waals surface area contributed by atoms with Gasteiger partial charge in [-0.1, -0.05) is 18.9 Å². The van der Waals surface area contributed by atoms with E-state index in [1.165, 1.54) is 31.7 Å². The molecule has 1 aromatic carbocycles. The molecule has 2 rings (SSSR count). The molecule has 1 fully saturated rings. The summed E-state index contributed by atoms with van der Waals surface area (Å²) in [4.78, 5) is 0. The zero-order valence-corrected chi connectivity index (χ0v) is 10.7. The zero-order chi connectivity index (χ0) is 13.1. The highest BCUT2D eigenvalue weighted by atomic mass is 16.3. The van der Waals surface area contributed by atoms with E-state index < -0.39 is 5.75 Å². The standard InChI is InChI=1S/C14H21NO3/c1-9(10-4-2-3-5-10)15-8-11-6-7-12(16)14(18)13(11)17/h6-7,9-10,15-18H,2-5,8H2,1H3/t9-/m1/s1. The molecule has 0 aromatic heterocycles. The van der Waals surface area contributed by atoms with Gasteiger partial charge in [-0.05, 0) is 31.7 Å². The van der Waals surface area contributed by atoms with E-state index in [4.69, 9.17) is 0 Å². The fraction of sp³-hybridized carbons (Fsp3) is 0.571. The first kappa shape index (κ1) is 13.0. The number of phenols is 3. The maximum atomic E-state index is 9.71. The molecular weight excluding hydrogens is 230 g/mol. The van der Waals surface area contributed by atoms with Gasteiger partial charge in [0, 0.05) is 18.2 Å². The lowest BCUT2D eigenvalue weighted by atomic mass is 9.99. The van der Waals surface area contributed by atoms with Crippen molar-refractivity contribution < 1.29 is 15.3 Å². The fourth-order valence-electron chi connectivity index (χ4n) is 2.65. The first-order valence-electron chi connectivity index (χ1n) is 6.55. The van der Waals surface area contributed by atoms with Gasteiger partial charge < -0.3 is 20.6 Å². The molecule has 4 N–H and O–H groups in total. The topological polar surface area (TPSA) is 72.7 Å². The molecule has 1 atom stereocenters. The van der Waals surface area contributed by atoms with Crippen LogP contribution < -0.4 is 5.32 Å². The van der Waals surface area contributed by atoms with Crippen LogP contribution in [0.4, 0.5) is 0 Å². The smallest absolute Gasteiger partial charge is 0.200 e. The second-order valence-corrected chi connectivity index (χ2v) is 5.16. The van der Waals surface area contributed by atoms with Gasteiger partial charge in [-0.15, -0.1) is 0 Å².